The number of hydrogen-bond acceptors (Lipinski definition) is 7. The van der Waals surface area contributed by atoms with Crippen LogP contribution in [0.5, 0.6) is 0 Å². The average Bonchev–Trinajstić information content (AvgIpc) is 2.73. The molecule has 204 valence electrons. The second kappa shape index (κ2) is 10.8. The first kappa shape index (κ1) is 30.8. The van der Waals surface area contributed by atoms with E-state index in [4.69, 9.17) is 0 Å². The summed E-state index contributed by atoms with van der Waals surface area (Å²) in [5.74, 6) is -4.57. The number of methoxy groups -OCH3 is 1. The van der Waals surface area contributed by atoms with E-state index in [1.807, 2.05) is 0 Å². The van der Waals surface area contributed by atoms with Crippen LogP contribution in [0.4, 0.5) is 50.0 Å². The van der Waals surface area contributed by atoms with Crippen molar-refractivity contribution in [1.29, 1.82) is 0 Å². The molecule has 1 aromatic rings. The summed E-state index contributed by atoms with van der Waals surface area (Å²) in [6, 6.07) is 0.0787. The number of ether oxygens (including phenoxy) is 3. The second-order valence-electron chi connectivity index (χ2n) is 6.66. The minimum absolute atomic E-state index is 0.447. The van der Waals surface area contributed by atoms with Crippen LogP contribution >= 0.6 is 0 Å². The van der Waals surface area contributed by atoms with Crippen LogP contribution in [-0.4, -0.2) is 67.7 Å². The summed E-state index contributed by atoms with van der Waals surface area (Å²) in [6.07, 6.45) is -16.9. The number of carbonyl (C=O) groups excluding carboxylic acids is 3. The van der Waals surface area contributed by atoms with Gasteiger partial charge in [-0.2, -0.15) is 39.5 Å². The summed E-state index contributed by atoms with van der Waals surface area (Å²) in [4.78, 5) is 35.5. The number of amides is 2. The van der Waals surface area contributed by atoms with Gasteiger partial charge < -0.3 is 24.6 Å². The number of rotatable bonds is 8. The lowest BCUT2D eigenvalue weighted by atomic mass is 9.93. The van der Waals surface area contributed by atoms with Gasteiger partial charge in [0.25, 0.3) is 5.60 Å². The second-order valence-corrected chi connectivity index (χ2v) is 6.66. The van der Waals surface area contributed by atoms with E-state index < -0.39 is 72.3 Å². The third kappa shape index (κ3) is 6.68. The Morgan fingerprint density at radius 3 is 1.81 bits per heavy atom. The van der Waals surface area contributed by atoms with Gasteiger partial charge in [0, 0.05) is 11.3 Å². The molecule has 0 aliphatic heterocycles. The van der Waals surface area contributed by atoms with Crippen LogP contribution in [0.2, 0.25) is 0 Å². The minimum atomic E-state index is -5.98. The zero-order valence-electron chi connectivity index (χ0n) is 18.0. The van der Waals surface area contributed by atoms with Crippen LogP contribution in [0.25, 0.3) is 0 Å². The fourth-order valence-electron chi connectivity index (χ4n) is 2.50. The number of anilines is 1. The molecular weight excluding hydrogens is 527 g/mol. The van der Waals surface area contributed by atoms with Gasteiger partial charge in [0.1, 0.15) is 6.61 Å². The SMILES string of the molecule is CCOC(=O)[C@](NC(=O)Nc1ccc([C@@](O)(C(=O)OC)C(F)(F)F)cc1)(OCC(F)(F)F)C(F)(F)F. The first-order valence-corrected chi connectivity index (χ1v) is 9.27. The minimum Gasteiger partial charge on any atom is -0.466 e. The van der Waals surface area contributed by atoms with Crippen molar-refractivity contribution in [2.24, 2.45) is 0 Å². The third-order valence-corrected chi connectivity index (χ3v) is 4.16. The Bertz CT molecular complexity index is 948. The molecule has 18 heteroatoms. The maximum absolute atomic E-state index is 13.6. The van der Waals surface area contributed by atoms with E-state index in [1.54, 1.807) is 5.32 Å². The van der Waals surface area contributed by atoms with Gasteiger partial charge in [-0.05, 0) is 19.1 Å². The van der Waals surface area contributed by atoms with Crippen molar-refractivity contribution in [3.63, 3.8) is 0 Å². The molecule has 0 aliphatic rings. The van der Waals surface area contributed by atoms with Gasteiger partial charge in [0.15, 0.2) is 0 Å². The molecule has 2 amide bonds. The Morgan fingerprint density at radius 2 is 1.42 bits per heavy atom. The lowest BCUT2D eigenvalue weighted by Crippen LogP contribution is -2.67. The molecule has 0 saturated carbocycles. The van der Waals surface area contributed by atoms with Gasteiger partial charge in [-0.25, -0.2) is 14.4 Å². The quantitative estimate of drug-likeness (QED) is 0.261. The number of alkyl halides is 9. The highest BCUT2D eigenvalue weighted by atomic mass is 19.4. The monoisotopic (exact) mass is 544 g/mol. The molecule has 0 unspecified atom stereocenters. The molecule has 0 fully saturated rings. The molecule has 9 nitrogen and oxygen atoms in total. The third-order valence-electron chi connectivity index (χ3n) is 4.16. The van der Waals surface area contributed by atoms with E-state index >= 15 is 0 Å². The first-order valence-electron chi connectivity index (χ1n) is 9.27. The van der Waals surface area contributed by atoms with Crippen molar-refractivity contribution in [2.45, 2.75) is 36.8 Å². The molecule has 0 saturated heterocycles. The normalized spacial score (nSPS) is 15.8. The molecule has 1 aromatic carbocycles. The Hall–Kier alpha value is -3.28. The van der Waals surface area contributed by atoms with Crippen LogP contribution in [0.15, 0.2) is 24.3 Å². The number of urea groups is 1. The maximum atomic E-state index is 13.6. The highest BCUT2D eigenvalue weighted by Gasteiger charge is 2.66. The zero-order valence-corrected chi connectivity index (χ0v) is 18.0. The lowest BCUT2D eigenvalue weighted by molar-refractivity contribution is -0.305. The number of aliphatic hydroxyl groups is 1. The Kier molecular flexibility index (Phi) is 9.20. The van der Waals surface area contributed by atoms with E-state index in [9.17, 15) is 59.0 Å². The fraction of sp³-hybridized carbons (Fsp3) is 0.500. The van der Waals surface area contributed by atoms with Crippen LogP contribution in [-0.2, 0) is 29.4 Å². The molecule has 0 aliphatic carbocycles. The average molecular weight is 544 g/mol. The predicted molar refractivity (Wildman–Crippen MR) is 98.0 cm³/mol. The topological polar surface area (TPSA) is 123 Å². The molecular formula is C18H17F9N2O7. The molecule has 0 aromatic heterocycles. The zero-order chi connectivity index (χ0) is 28.2. The lowest BCUT2D eigenvalue weighted by Gasteiger charge is -2.33. The van der Waals surface area contributed by atoms with Crippen molar-refractivity contribution in [3.05, 3.63) is 29.8 Å². The number of halogens is 9. The van der Waals surface area contributed by atoms with Crippen molar-refractivity contribution < 1.29 is 73.2 Å². The van der Waals surface area contributed by atoms with E-state index in [1.165, 1.54) is 0 Å². The predicted octanol–water partition coefficient (Wildman–Crippen LogP) is 3.13. The number of nitrogens with one attached hydrogen (secondary N) is 2. The van der Waals surface area contributed by atoms with Gasteiger partial charge in [0.05, 0.1) is 13.7 Å². The van der Waals surface area contributed by atoms with Crippen LogP contribution < -0.4 is 10.6 Å². The molecule has 0 spiro atoms. The molecule has 0 radical (unpaired) electrons. The summed E-state index contributed by atoms with van der Waals surface area (Å²) in [6.45, 7) is -2.37. The first-order chi connectivity index (χ1) is 16.2. The highest BCUT2D eigenvalue weighted by molar-refractivity contribution is 5.94. The van der Waals surface area contributed by atoms with Crippen molar-refractivity contribution in [3.8, 4) is 0 Å². The van der Waals surface area contributed by atoms with Gasteiger partial charge in [-0.15, -0.1) is 0 Å². The smallest absolute Gasteiger partial charge is 0.448 e. The van der Waals surface area contributed by atoms with Gasteiger partial charge in [-0.3, -0.25) is 5.32 Å². The number of esters is 2. The van der Waals surface area contributed by atoms with Crippen molar-refractivity contribution in [1.82, 2.24) is 5.32 Å². The Labute approximate surface area is 195 Å². The van der Waals surface area contributed by atoms with Crippen molar-refractivity contribution >= 4 is 23.7 Å². The summed E-state index contributed by atoms with van der Waals surface area (Å²) in [5, 5.41) is 12.4. The van der Waals surface area contributed by atoms with E-state index in [2.05, 4.69) is 14.2 Å². The van der Waals surface area contributed by atoms with Gasteiger partial charge in [-0.1, -0.05) is 12.1 Å². The molecule has 0 bridgehead atoms. The van der Waals surface area contributed by atoms with Crippen LogP contribution in [0.3, 0.4) is 0 Å². The molecule has 36 heavy (non-hydrogen) atoms. The summed E-state index contributed by atoms with van der Waals surface area (Å²) >= 11 is 0. The molecule has 3 N–H and O–H groups in total. The van der Waals surface area contributed by atoms with E-state index in [-0.39, 0.29) is 0 Å². The Morgan fingerprint density at radius 1 is 0.889 bits per heavy atom. The van der Waals surface area contributed by atoms with Crippen molar-refractivity contribution in [2.75, 3.05) is 25.6 Å². The molecule has 1 rings (SSSR count). The Balaban J connectivity index is 3.28. The number of benzene rings is 1. The van der Waals surface area contributed by atoms with Crippen LogP contribution in [0.1, 0.15) is 12.5 Å². The van der Waals surface area contributed by atoms with Gasteiger partial charge >= 0.3 is 42.2 Å². The maximum Gasteiger partial charge on any atom is 0.448 e. The standard InChI is InChI=1S/C18H17F9N2O7/c1-3-35-12(31)16(18(25,26)27,36-8-14(19,20)21)29-13(32)28-10-6-4-9(5-7-10)15(33,11(30)34-2)17(22,23)24/h4-7,33H,3,8H2,1-2H3,(H2,28,29,32)/t15-,16+/m1/s1. The largest absolute Gasteiger partial charge is 0.466 e. The summed E-state index contributed by atoms with van der Waals surface area (Å²) in [5.41, 5.74) is -10.5. The molecule has 0 heterocycles. The van der Waals surface area contributed by atoms with Gasteiger partial charge in [0.2, 0.25) is 0 Å². The number of hydrogen-bond donors (Lipinski definition) is 3. The van der Waals surface area contributed by atoms with E-state index in [0.717, 1.165) is 12.2 Å². The number of carbonyl (C=O) groups is 3. The molecule has 2 atom stereocenters. The van der Waals surface area contributed by atoms with Crippen LogP contribution in [0, 0.1) is 0 Å². The highest BCUT2D eigenvalue weighted by Crippen LogP contribution is 2.40. The van der Waals surface area contributed by atoms with E-state index in [0.29, 0.717) is 31.4 Å². The fourth-order valence-corrected chi connectivity index (χ4v) is 2.50. The summed E-state index contributed by atoms with van der Waals surface area (Å²) < 4.78 is 130. The summed E-state index contributed by atoms with van der Waals surface area (Å²) in [7, 11) is 0.552.